The Kier molecular flexibility index (Phi) is 5.79. The van der Waals surface area contributed by atoms with Gasteiger partial charge in [-0.25, -0.2) is 0 Å². The molecule has 0 aliphatic heterocycles. The van der Waals surface area contributed by atoms with E-state index in [1.54, 1.807) is 31.2 Å². The van der Waals surface area contributed by atoms with Crippen molar-refractivity contribution in [3.8, 4) is 5.75 Å². The summed E-state index contributed by atoms with van der Waals surface area (Å²) in [7, 11) is 0. The molecule has 0 bridgehead atoms. The van der Waals surface area contributed by atoms with Gasteiger partial charge in [0.15, 0.2) is 5.75 Å². The van der Waals surface area contributed by atoms with Gasteiger partial charge in [0.2, 0.25) is 0 Å². The second-order valence-corrected chi connectivity index (χ2v) is 2.37. The van der Waals surface area contributed by atoms with Gasteiger partial charge in [-0.05, 0) is 12.1 Å². The first-order valence-electron chi connectivity index (χ1n) is 3.79. The molecule has 0 atom stereocenters. The van der Waals surface area contributed by atoms with Crippen LogP contribution in [0.25, 0.3) is 0 Å². The first-order chi connectivity index (χ1) is 5.74. The zero-order valence-corrected chi connectivity index (χ0v) is 9.91. The van der Waals surface area contributed by atoms with Crippen molar-refractivity contribution in [3.05, 3.63) is 24.3 Å². The average Bonchev–Trinajstić information content (AvgIpc) is 2.09. The number of hydrogen-bond acceptors (Lipinski definition) is 3. The molecule has 13 heavy (non-hydrogen) atoms. The summed E-state index contributed by atoms with van der Waals surface area (Å²) in [5, 5.41) is 0. The summed E-state index contributed by atoms with van der Waals surface area (Å²) < 4.78 is 4.93. The third-order valence-electron chi connectivity index (χ3n) is 1.43. The van der Waals surface area contributed by atoms with Gasteiger partial charge in [-0.1, -0.05) is 19.1 Å². The predicted octanol–water partition coefficient (Wildman–Crippen LogP) is 1.20. The van der Waals surface area contributed by atoms with E-state index in [1.807, 2.05) is 0 Å². The predicted molar refractivity (Wildman–Crippen MR) is 52.5 cm³/mol. The zero-order chi connectivity index (χ0) is 8.97. The number of ether oxygens (including phenoxy) is 1. The molecule has 1 aromatic carbocycles. The normalized spacial score (nSPS) is 8.69. The van der Waals surface area contributed by atoms with Crippen molar-refractivity contribution in [2.45, 2.75) is 13.3 Å². The Morgan fingerprint density at radius 2 is 2.08 bits per heavy atom. The number of hydrogen-bond donors (Lipinski definition) is 1. The molecule has 4 heteroatoms. The number of anilines is 1. The van der Waals surface area contributed by atoms with E-state index in [9.17, 15) is 4.79 Å². The van der Waals surface area contributed by atoms with Crippen LogP contribution < -0.4 is 10.5 Å². The zero-order valence-electron chi connectivity index (χ0n) is 7.91. The minimum atomic E-state index is -0.270. The van der Waals surface area contributed by atoms with Crippen LogP contribution in [0.2, 0.25) is 0 Å². The first kappa shape index (κ1) is 12.5. The topological polar surface area (TPSA) is 52.3 Å². The van der Waals surface area contributed by atoms with Gasteiger partial charge in [-0.2, -0.15) is 0 Å². The van der Waals surface area contributed by atoms with Crippen LogP contribution in [0.4, 0.5) is 5.69 Å². The van der Waals surface area contributed by atoms with Gasteiger partial charge in [-0.15, -0.1) is 0 Å². The van der Waals surface area contributed by atoms with Gasteiger partial charge in [0.1, 0.15) is 0 Å². The molecule has 0 heterocycles. The van der Waals surface area contributed by atoms with Gasteiger partial charge >= 0.3 is 5.97 Å². The molecule has 2 N–H and O–H groups in total. The maximum absolute atomic E-state index is 10.9. The Hall–Kier alpha value is -0.510. The smallest absolute Gasteiger partial charge is 0.310 e. The van der Waals surface area contributed by atoms with Crippen LogP contribution in [-0.2, 0) is 4.79 Å². The summed E-state index contributed by atoms with van der Waals surface area (Å²) in [6.07, 6.45) is 0.355. The van der Waals surface area contributed by atoms with E-state index in [0.717, 1.165) is 0 Å². The summed E-state index contributed by atoms with van der Waals surface area (Å²) in [6.45, 7) is 1.74. The first-order valence-corrected chi connectivity index (χ1v) is 3.79. The van der Waals surface area contributed by atoms with Crippen LogP contribution in [-0.4, -0.2) is 35.5 Å². The molecule has 0 aromatic heterocycles. The number of carbonyl (C=O) groups excluding carboxylic acids is 1. The van der Waals surface area contributed by atoms with Crippen LogP contribution in [0.5, 0.6) is 5.75 Å². The second-order valence-electron chi connectivity index (χ2n) is 2.37. The van der Waals surface area contributed by atoms with E-state index in [4.69, 9.17) is 10.5 Å². The van der Waals surface area contributed by atoms with E-state index in [-0.39, 0.29) is 35.5 Å². The molecule has 65 valence electrons. The van der Waals surface area contributed by atoms with Crippen LogP contribution in [0.1, 0.15) is 13.3 Å². The van der Waals surface area contributed by atoms with Crippen molar-refractivity contribution in [1.29, 1.82) is 0 Å². The van der Waals surface area contributed by atoms with Gasteiger partial charge < -0.3 is 10.5 Å². The quantitative estimate of drug-likeness (QED) is 0.328. The Labute approximate surface area is 99.6 Å². The fourth-order valence-corrected chi connectivity index (χ4v) is 0.768. The molecule has 0 spiro atoms. The molecule has 0 fully saturated rings. The number of nitrogens with two attached hydrogens (primary N) is 1. The van der Waals surface area contributed by atoms with Crippen molar-refractivity contribution in [1.82, 2.24) is 0 Å². The van der Waals surface area contributed by atoms with Crippen LogP contribution in [0.3, 0.4) is 0 Å². The number of rotatable bonds is 2. The molecule has 1 aromatic rings. The molecular weight excluding hydrogens is 177 g/mol. The fourth-order valence-electron chi connectivity index (χ4n) is 0.768. The summed E-state index contributed by atoms with van der Waals surface area (Å²) in [6, 6.07) is 6.93. The van der Waals surface area contributed by atoms with Crippen molar-refractivity contribution in [3.63, 3.8) is 0 Å². The van der Waals surface area contributed by atoms with Crippen molar-refractivity contribution >= 4 is 41.2 Å². The average molecular weight is 188 g/mol. The summed E-state index contributed by atoms with van der Waals surface area (Å²) in [5.41, 5.74) is 6.03. The molecule has 0 amide bonds. The van der Waals surface area contributed by atoms with Crippen LogP contribution in [0.15, 0.2) is 24.3 Å². The number of nitrogen functional groups attached to an aromatic ring is 1. The van der Waals surface area contributed by atoms with Gasteiger partial charge in [-0.3, -0.25) is 4.79 Å². The third kappa shape index (κ3) is 3.81. The summed E-state index contributed by atoms with van der Waals surface area (Å²) in [4.78, 5) is 10.9. The Morgan fingerprint density at radius 3 is 2.62 bits per heavy atom. The van der Waals surface area contributed by atoms with E-state index in [0.29, 0.717) is 17.9 Å². The summed E-state index contributed by atoms with van der Waals surface area (Å²) >= 11 is 0. The molecule has 0 saturated carbocycles. The number of para-hydroxylation sites is 2. The standard InChI is InChI=1S/C9H11NO2.Na/c1-2-9(11)12-8-6-4-3-5-7(8)10;/h3-6H,2,10H2,1H3;. The van der Waals surface area contributed by atoms with Crippen LogP contribution >= 0.6 is 0 Å². The molecule has 1 rings (SSSR count). The molecule has 0 aliphatic rings. The van der Waals surface area contributed by atoms with Gasteiger partial charge in [0.05, 0.1) is 5.69 Å². The maximum atomic E-state index is 10.9. The Morgan fingerprint density at radius 1 is 1.46 bits per heavy atom. The molecule has 3 nitrogen and oxygen atoms in total. The maximum Gasteiger partial charge on any atom is 0.310 e. The Bertz CT molecular complexity index is 289. The third-order valence-corrected chi connectivity index (χ3v) is 1.43. The van der Waals surface area contributed by atoms with E-state index in [1.165, 1.54) is 0 Å². The Balaban J connectivity index is 0.00000144. The molecule has 0 aliphatic carbocycles. The van der Waals surface area contributed by atoms with E-state index >= 15 is 0 Å². The van der Waals surface area contributed by atoms with E-state index in [2.05, 4.69) is 0 Å². The van der Waals surface area contributed by atoms with Crippen molar-refractivity contribution < 1.29 is 9.53 Å². The largest absolute Gasteiger partial charge is 0.424 e. The minimum Gasteiger partial charge on any atom is -0.424 e. The van der Waals surface area contributed by atoms with E-state index < -0.39 is 0 Å². The molecule has 0 saturated heterocycles. The van der Waals surface area contributed by atoms with Crippen LogP contribution in [0, 0.1) is 0 Å². The summed E-state index contributed by atoms with van der Waals surface area (Å²) in [5.74, 6) is 0.164. The fraction of sp³-hybridized carbons (Fsp3) is 0.222. The number of benzene rings is 1. The minimum absolute atomic E-state index is 0. The van der Waals surface area contributed by atoms with Crippen molar-refractivity contribution in [2.24, 2.45) is 0 Å². The number of esters is 1. The molecule has 1 radical (unpaired) electrons. The van der Waals surface area contributed by atoms with Gasteiger partial charge in [0.25, 0.3) is 0 Å². The van der Waals surface area contributed by atoms with Crippen molar-refractivity contribution in [2.75, 3.05) is 5.73 Å². The molecule has 0 unspecified atom stereocenters. The molecular formula is C9H11NNaO2. The second kappa shape index (κ2) is 6.02. The monoisotopic (exact) mass is 188 g/mol. The SMILES string of the molecule is CCC(=O)Oc1ccccc1N.[Na]. The number of carbonyl (C=O) groups is 1. The van der Waals surface area contributed by atoms with Gasteiger partial charge in [0, 0.05) is 36.0 Å².